The Labute approximate surface area is 128 Å². The van der Waals surface area contributed by atoms with Crippen LogP contribution in [0.3, 0.4) is 0 Å². The lowest BCUT2D eigenvalue weighted by molar-refractivity contribution is -0.150. The Morgan fingerprint density at radius 1 is 1.29 bits per heavy atom. The third-order valence-corrected chi connectivity index (χ3v) is 5.63. The van der Waals surface area contributed by atoms with Gasteiger partial charge in [-0.1, -0.05) is 11.6 Å². The van der Waals surface area contributed by atoms with E-state index in [2.05, 4.69) is 4.72 Å². The van der Waals surface area contributed by atoms with Gasteiger partial charge in [-0.15, -0.1) is 0 Å². The summed E-state index contributed by atoms with van der Waals surface area (Å²) in [4.78, 5) is 11.1. The van der Waals surface area contributed by atoms with Crippen LogP contribution >= 0.6 is 11.6 Å². The van der Waals surface area contributed by atoms with Gasteiger partial charge in [0.2, 0.25) is 10.0 Å². The molecule has 0 saturated heterocycles. The van der Waals surface area contributed by atoms with E-state index in [1.165, 1.54) is 27.7 Å². The molecule has 0 bridgehead atoms. The summed E-state index contributed by atoms with van der Waals surface area (Å²) in [7, 11) is -4.04. The Hall–Kier alpha value is -1.18. The number of sulfonamides is 1. The zero-order chi connectivity index (χ0) is 16.6. The molecular weight excluding hydrogens is 321 g/mol. The number of carbonyl (C=O) groups is 1. The number of hydrogen-bond acceptors (Lipinski definition) is 3. The van der Waals surface area contributed by atoms with E-state index in [1.807, 2.05) is 0 Å². The summed E-state index contributed by atoms with van der Waals surface area (Å²) < 4.78 is 40.0. The van der Waals surface area contributed by atoms with Crippen molar-refractivity contribution in [2.24, 2.45) is 5.41 Å². The lowest BCUT2D eigenvalue weighted by atomic mass is 9.75. The zero-order valence-electron chi connectivity index (χ0n) is 12.1. The van der Waals surface area contributed by atoms with Crippen molar-refractivity contribution in [3.8, 4) is 0 Å². The average molecular weight is 338 g/mol. The maximum atomic E-state index is 13.1. The summed E-state index contributed by atoms with van der Waals surface area (Å²) in [6.45, 7) is 5.75. The quantitative estimate of drug-likeness (QED) is 0.865. The monoisotopic (exact) mass is 337 g/mol. The second-order valence-electron chi connectivity index (χ2n) is 5.74. The van der Waals surface area contributed by atoms with E-state index < -0.39 is 32.8 Å². The Morgan fingerprint density at radius 2 is 1.81 bits per heavy atom. The lowest BCUT2D eigenvalue weighted by Gasteiger charge is -2.38. The first kappa shape index (κ1) is 17.9. The Balaban J connectivity index is 3.21. The van der Waals surface area contributed by atoms with Gasteiger partial charge in [-0.3, -0.25) is 4.79 Å². The number of aliphatic carboxylic acids is 1. The zero-order valence-corrected chi connectivity index (χ0v) is 13.6. The lowest BCUT2D eigenvalue weighted by Crippen LogP contribution is -2.56. The smallest absolute Gasteiger partial charge is 0.310 e. The van der Waals surface area contributed by atoms with Crippen LogP contribution < -0.4 is 4.72 Å². The van der Waals surface area contributed by atoms with Gasteiger partial charge in [0.1, 0.15) is 5.82 Å². The van der Waals surface area contributed by atoms with Crippen molar-refractivity contribution in [3.05, 3.63) is 29.0 Å². The van der Waals surface area contributed by atoms with Gasteiger partial charge >= 0.3 is 5.97 Å². The van der Waals surface area contributed by atoms with Crippen LogP contribution in [0.15, 0.2) is 23.1 Å². The molecule has 1 rings (SSSR count). The van der Waals surface area contributed by atoms with Crippen LogP contribution in [0.2, 0.25) is 5.02 Å². The van der Waals surface area contributed by atoms with Crippen molar-refractivity contribution < 1.29 is 22.7 Å². The fourth-order valence-corrected chi connectivity index (χ4v) is 3.24. The van der Waals surface area contributed by atoms with Gasteiger partial charge in [-0.2, -0.15) is 0 Å². The third-order valence-electron chi connectivity index (χ3n) is 3.69. The number of carboxylic acid groups (broad SMARTS) is 1. The average Bonchev–Trinajstić information content (AvgIpc) is 2.30. The fraction of sp³-hybridized carbons (Fsp3) is 0.462. The van der Waals surface area contributed by atoms with Gasteiger partial charge in [0.15, 0.2) is 0 Å². The van der Waals surface area contributed by atoms with Crippen LogP contribution in [-0.2, 0) is 14.8 Å². The summed E-state index contributed by atoms with van der Waals surface area (Å²) in [5.74, 6) is -1.88. The molecule has 0 spiro atoms. The molecule has 0 aliphatic carbocycles. The molecule has 0 aliphatic rings. The molecule has 0 amide bonds. The molecule has 8 heteroatoms. The maximum absolute atomic E-state index is 13.1. The highest BCUT2D eigenvalue weighted by atomic mass is 35.5. The first-order valence-corrected chi connectivity index (χ1v) is 7.90. The van der Waals surface area contributed by atoms with Crippen LogP contribution in [0, 0.1) is 11.2 Å². The number of rotatable bonds is 5. The number of hydrogen-bond donors (Lipinski definition) is 2. The minimum absolute atomic E-state index is 0.233. The second-order valence-corrected chi connectivity index (χ2v) is 7.83. The van der Waals surface area contributed by atoms with Crippen molar-refractivity contribution >= 4 is 27.6 Å². The molecule has 0 heterocycles. The van der Waals surface area contributed by atoms with Crippen LogP contribution in [0.5, 0.6) is 0 Å². The van der Waals surface area contributed by atoms with Crippen molar-refractivity contribution in [1.29, 1.82) is 0 Å². The molecule has 0 saturated carbocycles. The standard InChI is InChI=1S/C13H17ClFNO4S/c1-12(2,11(17)18)13(3,4)16-21(19,20)8-5-6-10(15)9(14)7-8/h5-7,16H,1-4H3,(H,17,18). The SMILES string of the molecule is CC(C)(NS(=O)(=O)c1ccc(F)c(Cl)c1)C(C)(C)C(=O)O. The third kappa shape index (κ3) is 3.53. The first-order valence-electron chi connectivity index (χ1n) is 6.04. The van der Waals surface area contributed by atoms with E-state index in [0.29, 0.717) is 0 Å². The van der Waals surface area contributed by atoms with Gasteiger partial charge in [-0.25, -0.2) is 17.5 Å². The van der Waals surface area contributed by atoms with E-state index in [-0.39, 0.29) is 9.92 Å². The molecule has 0 aromatic heterocycles. The summed E-state index contributed by atoms with van der Waals surface area (Å²) >= 11 is 5.57. The summed E-state index contributed by atoms with van der Waals surface area (Å²) in [6, 6.07) is 2.97. The van der Waals surface area contributed by atoms with Gasteiger partial charge in [-0.05, 0) is 45.9 Å². The summed E-state index contributed by atoms with van der Waals surface area (Å²) in [5.41, 5.74) is -2.64. The molecule has 21 heavy (non-hydrogen) atoms. The molecule has 0 aliphatic heterocycles. The van der Waals surface area contributed by atoms with Crippen LogP contribution in [0.25, 0.3) is 0 Å². The Bertz CT molecular complexity index is 671. The summed E-state index contributed by atoms with van der Waals surface area (Å²) in [6.07, 6.45) is 0. The number of halogens is 2. The minimum atomic E-state index is -4.04. The van der Waals surface area contributed by atoms with E-state index in [9.17, 15) is 22.7 Å². The number of nitrogens with one attached hydrogen (secondary N) is 1. The topological polar surface area (TPSA) is 83.5 Å². The van der Waals surface area contributed by atoms with Gasteiger partial charge in [0.05, 0.1) is 15.3 Å². The minimum Gasteiger partial charge on any atom is -0.481 e. The largest absolute Gasteiger partial charge is 0.481 e. The maximum Gasteiger partial charge on any atom is 0.310 e. The Morgan fingerprint density at radius 3 is 2.24 bits per heavy atom. The van der Waals surface area contributed by atoms with Crippen molar-refractivity contribution in [1.82, 2.24) is 4.72 Å². The molecule has 1 aromatic carbocycles. The van der Waals surface area contributed by atoms with E-state index in [4.69, 9.17) is 11.6 Å². The van der Waals surface area contributed by atoms with Gasteiger partial charge in [0, 0.05) is 5.54 Å². The van der Waals surface area contributed by atoms with Crippen molar-refractivity contribution in [2.45, 2.75) is 38.1 Å². The Kier molecular flexibility index (Phi) is 4.72. The highest BCUT2D eigenvalue weighted by molar-refractivity contribution is 7.89. The van der Waals surface area contributed by atoms with Crippen LogP contribution in [0.4, 0.5) is 4.39 Å². The molecule has 1 aromatic rings. The van der Waals surface area contributed by atoms with Crippen molar-refractivity contribution in [2.75, 3.05) is 0 Å². The van der Waals surface area contributed by atoms with Gasteiger partial charge < -0.3 is 5.11 Å². The number of benzene rings is 1. The second kappa shape index (κ2) is 5.55. The predicted molar refractivity (Wildman–Crippen MR) is 77.2 cm³/mol. The van der Waals surface area contributed by atoms with E-state index in [1.54, 1.807) is 0 Å². The van der Waals surface area contributed by atoms with E-state index in [0.717, 1.165) is 18.2 Å². The molecular formula is C13H17ClFNO4S. The molecule has 5 nitrogen and oxygen atoms in total. The first-order chi connectivity index (χ1) is 9.31. The molecule has 2 N–H and O–H groups in total. The van der Waals surface area contributed by atoms with Gasteiger partial charge in [0.25, 0.3) is 0 Å². The van der Waals surface area contributed by atoms with Crippen LogP contribution in [0.1, 0.15) is 27.7 Å². The van der Waals surface area contributed by atoms with E-state index >= 15 is 0 Å². The normalized spacial score (nSPS) is 13.2. The molecule has 0 unspecified atom stereocenters. The number of carboxylic acids is 1. The highest BCUT2D eigenvalue weighted by Crippen LogP contribution is 2.32. The van der Waals surface area contributed by atoms with Crippen LogP contribution in [-0.4, -0.2) is 25.0 Å². The predicted octanol–water partition coefficient (Wildman–Crippen LogP) is 2.65. The fourth-order valence-electron chi connectivity index (χ4n) is 1.43. The molecule has 0 fully saturated rings. The van der Waals surface area contributed by atoms with Crippen molar-refractivity contribution in [3.63, 3.8) is 0 Å². The highest BCUT2D eigenvalue weighted by Gasteiger charge is 2.45. The molecule has 0 atom stereocenters. The molecule has 118 valence electrons. The summed E-state index contributed by atoms with van der Waals surface area (Å²) in [5, 5.41) is 8.89. The molecule has 0 radical (unpaired) electrons.